The topological polar surface area (TPSA) is 67.4 Å². The molecule has 0 radical (unpaired) electrons. The fourth-order valence-corrected chi connectivity index (χ4v) is 2.07. The highest BCUT2D eigenvalue weighted by Crippen LogP contribution is 2.19. The van der Waals surface area contributed by atoms with Crippen LogP contribution >= 0.6 is 11.6 Å². The molecule has 0 fully saturated rings. The average Bonchev–Trinajstić information content (AvgIpc) is 2.51. The van der Waals surface area contributed by atoms with Gasteiger partial charge in [-0.15, -0.1) is 0 Å². The molecule has 2 amide bonds. The summed E-state index contributed by atoms with van der Waals surface area (Å²) < 4.78 is 4.93. The van der Waals surface area contributed by atoms with Gasteiger partial charge in [-0.25, -0.2) is 9.59 Å². The summed E-state index contributed by atoms with van der Waals surface area (Å²) in [6, 6.07) is 11.3. The minimum absolute atomic E-state index is 0.299. The number of rotatable bonds is 4. The van der Waals surface area contributed by atoms with Crippen LogP contribution in [-0.2, 0) is 4.74 Å². The highest BCUT2D eigenvalue weighted by Gasteiger charge is 2.09. The number of esters is 1. The number of aryl methyl sites for hydroxylation is 1. The molecule has 0 heterocycles. The number of carbonyl (C=O) groups excluding carboxylic acids is 2. The lowest BCUT2D eigenvalue weighted by Gasteiger charge is -2.10. The van der Waals surface area contributed by atoms with E-state index in [4.69, 9.17) is 16.3 Å². The maximum atomic E-state index is 12.0. The molecule has 0 saturated heterocycles. The third kappa shape index (κ3) is 4.72. The minimum atomic E-state index is -0.426. The van der Waals surface area contributed by atoms with Crippen LogP contribution in [0.1, 0.15) is 22.8 Å². The Morgan fingerprint density at radius 1 is 1.09 bits per heavy atom. The van der Waals surface area contributed by atoms with E-state index in [-0.39, 0.29) is 0 Å². The number of ether oxygens (including phenoxy) is 1. The molecule has 0 bridgehead atoms. The van der Waals surface area contributed by atoms with E-state index in [0.717, 1.165) is 5.56 Å². The van der Waals surface area contributed by atoms with Crippen molar-refractivity contribution < 1.29 is 14.3 Å². The molecule has 0 unspecified atom stereocenters. The second-order valence-corrected chi connectivity index (χ2v) is 5.25. The highest BCUT2D eigenvalue weighted by atomic mass is 35.5. The van der Waals surface area contributed by atoms with Crippen molar-refractivity contribution in [1.29, 1.82) is 0 Å². The second-order valence-electron chi connectivity index (χ2n) is 4.84. The van der Waals surface area contributed by atoms with Gasteiger partial charge in [-0.05, 0) is 55.8 Å². The number of hydrogen-bond acceptors (Lipinski definition) is 3. The molecule has 0 atom stereocenters. The molecule has 23 heavy (non-hydrogen) atoms. The molecule has 6 heteroatoms. The molecular weight excluding hydrogens is 316 g/mol. The van der Waals surface area contributed by atoms with Crippen molar-refractivity contribution in [2.24, 2.45) is 0 Å². The molecule has 2 rings (SSSR count). The van der Waals surface area contributed by atoms with Gasteiger partial charge in [0, 0.05) is 16.4 Å². The molecule has 0 aliphatic heterocycles. The van der Waals surface area contributed by atoms with Gasteiger partial charge in [0.2, 0.25) is 0 Å². The van der Waals surface area contributed by atoms with Crippen LogP contribution in [0.2, 0.25) is 5.02 Å². The normalized spacial score (nSPS) is 10.0. The van der Waals surface area contributed by atoms with Gasteiger partial charge in [0.25, 0.3) is 0 Å². The van der Waals surface area contributed by atoms with E-state index in [9.17, 15) is 9.59 Å². The standard InChI is InChI=1S/C17H17ClN2O3/c1-3-23-16(21)12-5-4-6-13(10-12)19-17(22)20-14-7-8-15(18)11(2)9-14/h4-10H,3H2,1-2H3,(H2,19,20,22). The predicted molar refractivity (Wildman–Crippen MR) is 91.2 cm³/mol. The summed E-state index contributed by atoms with van der Waals surface area (Å²) in [5.74, 6) is -0.426. The Morgan fingerprint density at radius 2 is 1.78 bits per heavy atom. The van der Waals surface area contributed by atoms with Gasteiger partial charge >= 0.3 is 12.0 Å². The Hall–Kier alpha value is -2.53. The van der Waals surface area contributed by atoms with Gasteiger partial charge in [0.1, 0.15) is 0 Å². The molecule has 120 valence electrons. The molecule has 0 aliphatic rings. The monoisotopic (exact) mass is 332 g/mol. The number of urea groups is 1. The third-order valence-corrected chi connectivity index (χ3v) is 3.47. The number of benzene rings is 2. The first-order valence-electron chi connectivity index (χ1n) is 7.11. The van der Waals surface area contributed by atoms with Gasteiger partial charge in [-0.3, -0.25) is 0 Å². The Bertz CT molecular complexity index is 732. The first kappa shape index (κ1) is 16.8. The zero-order valence-corrected chi connectivity index (χ0v) is 13.6. The molecule has 0 spiro atoms. The third-order valence-electron chi connectivity index (χ3n) is 3.05. The predicted octanol–water partition coefficient (Wildman–Crippen LogP) is 4.47. The van der Waals surface area contributed by atoms with Gasteiger partial charge in [0.05, 0.1) is 12.2 Å². The van der Waals surface area contributed by atoms with E-state index in [1.807, 2.05) is 6.92 Å². The minimum Gasteiger partial charge on any atom is -0.462 e. The van der Waals surface area contributed by atoms with Crippen molar-refractivity contribution in [3.8, 4) is 0 Å². The van der Waals surface area contributed by atoms with Crippen molar-refractivity contribution in [1.82, 2.24) is 0 Å². The van der Waals surface area contributed by atoms with Gasteiger partial charge < -0.3 is 15.4 Å². The van der Waals surface area contributed by atoms with E-state index >= 15 is 0 Å². The Morgan fingerprint density at radius 3 is 2.43 bits per heavy atom. The van der Waals surface area contributed by atoms with E-state index in [2.05, 4.69) is 10.6 Å². The van der Waals surface area contributed by atoms with Crippen LogP contribution in [0.4, 0.5) is 16.2 Å². The maximum Gasteiger partial charge on any atom is 0.338 e. The molecule has 0 aromatic heterocycles. The van der Waals surface area contributed by atoms with Gasteiger partial charge in [-0.1, -0.05) is 17.7 Å². The van der Waals surface area contributed by atoms with Crippen LogP contribution in [0.5, 0.6) is 0 Å². The molecule has 0 aliphatic carbocycles. The number of anilines is 2. The lowest BCUT2D eigenvalue weighted by atomic mass is 10.2. The van der Waals surface area contributed by atoms with Crippen LogP contribution in [-0.4, -0.2) is 18.6 Å². The Kier molecular flexibility index (Phi) is 5.60. The molecule has 5 nitrogen and oxygen atoms in total. The summed E-state index contributed by atoms with van der Waals surface area (Å²) in [7, 11) is 0. The van der Waals surface area contributed by atoms with Gasteiger partial charge in [-0.2, -0.15) is 0 Å². The Balaban J connectivity index is 2.03. The van der Waals surface area contributed by atoms with Gasteiger partial charge in [0.15, 0.2) is 0 Å². The highest BCUT2D eigenvalue weighted by molar-refractivity contribution is 6.31. The van der Waals surface area contributed by atoms with E-state index in [1.165, 1.54) is 0 Å². The molecule has 0 saturated carbocycles. The summed E-state index contributed by atoms with van der Waals surface area (Å²) in [5, 5.41) is 6.02. The molecule has 2 aromatic rings. The zero-order chi connectivity index (χ0) is 16.8. The number of amides is 2. The van der Waals surface area contributed by atoms with Crippen molar-refractivity contribution in [2.45, 2.75) is 13.8 Å². The lowest BCUT2D eigenvalue weighted by molar-refractivity contribution is 0.0526. The van der Waals surface area contributed by atoms with E-state index < -0.39 is 12.0 Å². The maximum absolute atomic E-state index is 12.0. The second kappa shape index (κ2) is 7.65. The summed E-state index contributed by atoms with van der Waals surface area (Å²) >= 11 is 5.95. The fourth-order valence-electron chi connectivity index (χ4n) is 1.95. The van der Waals surface area contributed by atoms with Crippen molar-refractivity contribution in [2.75, 3.05) is 17.2 Å². The summed E-state index contributed by atoms with van der Waals surface area (Å²) in [5.41, 5.74) is 2.38. The van der Waals surface area contributed by atoms with Crippen molar-refractivity contribution in [3.05, 3.63) is 58.6 Å². The van der Waals surface area contributed by atoms with Crippen molar-refractivity contribution >= 4 is 35.0 Å². The lowest BCUT2D eigenvalue weighted by Crippen LogP contribution is -2.19. The summed E-state index contributed by atoms with van der Waals surface area (Å²) in [6.07, 6.45) is 0. The molecular formula is C17H17ClN2O3. The van der Waals surface area contributed by atoms with Crippen molar-refractivity contribution in [3.63, 3.8) is 0 Å². The zero-order valence-electron chi connectivity index (χ0n) is 12.9. The number of halogens is 1. The first-order valence-corrected chi connectivity index (χ1v) is 7.48. The van der Waals surface area contributed by atoms with Crippen LogP contribution in [0, 0.1) is 6.92 Å². The summed E-state index contributed by atoms with van der Waals surface area (Å²) in [4.78, 5) is 23.7. The molecule has 2 N–H and O–H groups in total. The average molecular weight is 333 g/mol. The number of hydrogen-bond donors (Lipinski definition) is 2. The fraction of sp³-hybridized carbons (Fsp3) is 0.176. The quantitative estimate of drug-likeness (QED) is 0.812. The number of nitrogens with one attached hydrogen (secondary N) is 2. The number of carbonyl (C=O) groups is 2. The van der Waals surface area contributed by atoms with E-state index in [0.29, 0.717) is 28.6 Å². The Labute approximate surface area is 139 Å². The smallest absolute Gasteiger partial charge is 0.338 e. The largest absolute Gasteiger partial charge is 0.462 e. The van der Waals surface area contributed by atoms with Crippen LogP contribution in [0.15, 0.2) is 42.5 Å². The first-order chi connectivity index (χ1) is 11.0. The van der Waals surface area contributed by atoms with Crippen LogP contribution < -0.4 is 10.6 Å². The van der Waals surface area contributed by atoms with Crippen LogP contribution in [0.3, 0.4) is 0 Å². The summed E-state index contributed by atoms with van der Waals surface area (Å²) in [6.45, 7) is 3.89. The molecule has 2 aromatic carbocycles. The SMILES string of the molecule is CCOC(=O)c1cccc(NC(=O)Nc2ccc(Cl)c(C)c2)c1. The van der Waals surface area contributed by atoms with E-state index in [1.54, 1.807) is 49.4 Å². The van der Waals surface area contributed by atoms with Crippen LogP contribution in [0.25, 0.3) is 0 Å².